The van der Waals surface area contributed by atoms with Gasteiger partial charge in [0.2, 0.25) is 0 Å². The Balaban J connectivity index is 1.97. The van der Waals surface area contributed by atoms with Crippen LogP contribution < -0.4 is 11.1 Å². The first-order valence-electron chi connectivity index (χ1n) is 6.26. The molecule has 2 aromatic heterocycles. The van der Waals surface area contributed by atoms with Gasteiger partial charge in [-0.15, -0.1) is 0 Å². The average Bonchev–Trinajstić information content (AvgIpc) is 2.96. The van der Waals surface area contributed by atoms with E-state index in [1.54, 1.807) is 18.3 Å². The Morgan fingerprint density at radius 3 is 2.85 bits per heavy atom. The van der Waals surface area contributed by atoms with Crippen molar-refractivity contribution in [2.24, 2.45) is 0 Å². The topological polar surface area (TPSA) is 99.6 Å². The van der Waals surface area contributed by atoms with E-state index in [0.29, 0.717) is 17.1 Å². The minimum Gasteiger partial charge on any atom is -0.399 e. The third-order valence-corrected chi connectivity index (χ3v) is 3.44. The Labute approximate surface area is 115 Å². The zero-order valence-corrected chi connectivity index (χ0v) is 11.2. The number of carbonyl (C=O) groups excluding carboxylic acids is 1. The van der Waals surface area contributed by atoms with Gasteiger partial charge in [-0.3, -0.25) is 9.89 Å². The fourth-order valence-corrected chi connectivity index (χ4v) is 2.11. The Bertz CT molecular complexity index is 799. The highest BCUT2D eigenvalue weighted by Crippen LogP contribution is 2.22. The Hall–Kier alpha value is -2.76. The van der Waals surface area contributed by atoms with Crippen LogP contribution in [-0.2, 0) is 0 Å². The first kappa shape index (κ1) is 12.3. The lowest BCUT2D eigenvalue weighted by atomic mass is 10.1. The van der Waals surface area contributed by atoms with E-state index in [0.717, 1.165) is 22.2 Å². The molecule has 6 heteroatoms. The van der Waals surface area contributed by atoms with E-state index in [2.05, 4.69) is 20.5 Å². The molecule has 0 aliphatic carbocycles. The molecule has 0 spiro atoms. The summed E-state index contributed by atoms with van der Waals surface area (Å²) >= 11 is 0. The second-order valence-corrected chi connectivity index (χ2v) is 4.78. The number of aromatic nitrogens is 3. The van der Waals surface area contributed by atoms with E-state index in [1.807, 2.05) is 19.9 Å². The maximum atomic E-state index is 12.3. The lowest BCUT2D eigenvalue weighted by Gasteiger charge is -2.02. The van der Waals surface area contributed by atoms with Gasteiger partial charge in [0.15, 0.2) is 5.82 Å². The molecule has 2 heterocycles. The van der Waals surface area contributed by atoms with Crippen LogP contribution in [0.2, 0.25) is 0 Å². The van der Waals surface area contributed by atoms with Crippen LogP contribution in [0.5, 0.6) is 0 Å². The Morgan fingerprint density at radius 2 is 2.15 bits per heavy atom. The van der Waals surface area contributed by atoms with Crippen LogP contribution in [-0.4, -0.2) is 21.1 Å². The van der Waals surface area contributed by atoms with Gasteiger partial charge >= 0.3 is 0 Å². The monoisotopic (exact) mass is 269 g/mol. The third kappa shape index (κ3) is 1.91. The third-order valence-electron chi connectivity index (χ3n) is 3.44. The number of aromatic amines is 2. The van der Waals surface area contributed by atoms with Crippen LogP contribution in [0.3, 0.4) is 0 Å². The van der Waals surface area contributed by atoms with E-state index in [9.17, 15) is 4.79 Å². The van der Waals surface area contributed by atoms with Gasteiger partial charge in [0, 0.05) is 34.0 Å². The van der Waals surface area contributed by atoms with Crippen LogP contribution in [0.1, 0.15) is 21.6 Å². The van der Waals surface area contributed by atoms with Crippen molar-refractivity contribution in [3.63, 3.8) is 0 Å². The number of hydrogen-bond donors (Lipinski definition) is 4. The van der Waals surface area contributed by atoms with Crippen molar-refractivity contribution in [1.29, 1.82) is 0 Å². The largest absolute Gasteiger partial charge is 0.399 e. The van der Waals surface area contributed by atoms with E-state index in [4.69, 9.17) is 5.73 Å². The lowest BCUT2D eigenvalue weighted by Crippen LogP contribution is -2.12. The average molecular weight is 269 g/mol. The van der Waals surface area contributed by atoms with Crippen LogP contribution in [0, 0.1) is 13.8 Å². The van der Waals surface area contributed by atoms with Crippen LogP contribution in [0.4, 0.5) is 11.5 Å². The first-order valence-corrected chi connectivity index (χ1v) is 6.26. The van der Waals surface area contributed by atoms with Gasteiger partial charge in [0.05, 0.1) is 5.56 Å². The number of rotatable bonds is 2. The predicted octanol–water partition coefficient (Wildman–Crippen LogP) is 2.34. The van der Waals surface area contributed by atoms with E-state index in [1.165, 1.54) is 0 Å². The summed E-state index contributed by atoms with van der Waals surface area (Å²) in [6.07, 6.45) is 1.67. The Kier molecular flexibility index (Phi) is 2.71. The Morgan fingerprint density at radius 1 is 1.35 bits per heavy atom. The number of carbonyl (C=O) groups is 1. The van der Waals surface area contributed by atoms with Gasteiger partial charge in [-0.1, -0.05) is 0 Å². The van der Waals surface area contributed by atoms with Crippen LogP contribution >= 0.6 is 0 Å². The molecule has 0 saturated heterocycles. The number of anilines is 2. The highest BCUT2D eigenvalue weighted by Gasteiger charge is 2.15. The lowest BCUT2D eigenvalue weighted by molar-refractivity contribution is 0.102. The second-order valence-electron chi connectivity index (χ2n) is 4.78. The molecule has 3 rings (SSSR count). The molecule has 0 radical (unpaired) electrons. The second kappa shape index (κ2) is 4.41. The van der Waals surface area contributed by atoms with Gasteiger partial charge in [-0.2, -0.15) is 5.10 Å². The van der Waals surface area contributed by atoms with E-state index < -0.39 is 0 Å². The number of nitrogens with zero attached hydrogens (tertiary/aromatic N) is 1. The molecule has 0 aliphatic rings. The van der Waals surface area contributed by atoms with Crippen molar-refractivity contribution in [1.82, 2.24) is 15.2 Å². The number of nitrogen functional groups attached to an aromatic ring is 1. The number of nitrogens with two attached hydrogens (primary N) is 1. The SMILES string of the molecule is Cc1[nH]nc(NC(=O)c2c[nH]c3ccc(N)cc23)c1C. The summed E-state index contributed by atoms with van der Waals surface area (Å²) in [4.78, 5) is 15.4. The molecule has 0 fully saturated rings. The first-order chi connectivity index (χ1) is 9.56. The summed E-state index contributed by atoms with van der Waals surface area (Å²) < 4.78 is 0. The molecule has 0 saturated carbocycles. The molecule has 1 amide bonds. The number of hydrogen-bond acceptors (Lipinski definition) is 3. The molecular formula is C14H15N5O. The highest BCUT2D eigenvalue weighted by atomic mass is 16.1. The van der Waals surface area contributed by atoms with E-state index >= 15 is 0 Å². The van der Waals surface area contributed by atoms with Crippen molar-refractivity contribution >= 4 is 28.3 Å². The van der Waals surface area contributed by atoms with Gasteiger partial charge in [0.25, 0.3) is 5.91 Å². The fraction of sp³-hybridized carbons (Fsp3) is 0.143. The smallest absolute Gasteiger partial charge is 0.259 e. The summed E-state index contributed by atoms with van der Waals surface area (Å²) in [5, 5.41) is 10.5. The van der Waals surface area contributed by atoms with Crippen LogP contribution in [0.25, 0.3) is 10.9 Å². The van der Waals surface area contributed by atoms with Crippen molar-refractivity contribution in [2.75, 3.05) is 11.1 Å². The minimum absolute atomic E-state index is 0.212. The molecule has 20 heavy (non-hydrogen) atoms. The summed E-state index contributed by atoms with van der Waals surface area (Å²) in [5.41, 5.74) is 9.68. The maximum Gasteiger partial charge on any atom is 0.259 e. The van der Waals surface area contributed by atoms with Gasteiger partial charge < -0.3 is 16.0 Å². The number of H-pyrrole nitrogens is 2. The quantitative estimate of drug-likeness (QED) is 0.537. The molecule has 0 unspecified atom stereocenters. The predicted molar refractivity (Wildman–Crippen MR) is 78.7 cm³/mol. The van der Waals surface area contributed by atoms with Crippen molar-refractivity contribution in [3.8, 4) is 0 Å². The number of benzene rings is 1. The molecule has 0 aliphatic heterocycles. The van der Waals surface area contributed by atoms with Gasteiger partial charge in [-0.05, 0) is 32.0 Å². The maximum absolute atomic E-state index is 12.3. The van der Waals surface area contributed by atoms with Crippen molar-refractivity contribution in [2.45, 2.75) is 13.8 Å². The van der Waals surface area contributed by atoms with E-state index in [-0.39, 0.29) is 5.91 Å². The summed E-state index contributed by atoms with van der Waals surface area (Å²) in [6, 6.07) is 5.43. The minimum atomic E-state index is -0.212. The summed E-state index contributed by atoms with van der Waals surface area (Å²) in [7, 11) is 0. The number of amides is 1. The normalized spacial score (nSPS) is 10.9. The number of aryl methyl sites for hydroxylation is 1. The zero-order valence-electron chi connectivity index (χ0n) is 11.2. The highest BCUT2D eigenvalue weighted by molar-refractivity contribution is 6.13. The van der Waals surface area contributed by atoms with Crippen molar-refractivity contribution in [3.05, 3.63) is 41.2 Å². The molecule has 102 valence electrons. The molecule has 0 atom stereocenters. The standard InChI is InChI=1S/C14H15N5O/c1-7-8(2)18-19-13(7)17-14(20)11-6-16-12-4-3-9(15)5-10(11)12/h3-6,16H,15H2,1-2H3,(H2,17,18,19,20). The zero-order chi connectivity index (χ0) is 14.3. The molecule has 3 aromatic rings. The summed E-state index contributed by atoms with van der Waals surface area (Å²) in [5.74, 6) is 0.335. The summed E-state index contributed by atoms with van der Waals surface area (Å²) in [6.45, 7) is 3.81. The molecule has 1 aromatic carbocycles. The fourth-order valence-electron chi connectivity index (χ4n) is 2.11. The van der Waals surface area contributed by atoms with Crippen LogP contribution in [0.15, 0.2) is 24.4 Å². The molecular weight excluding hydrogens is 254 g/mol. The van der Waals surface area contributed by atoms with Gasteiger partial charge in [0.1, 0.15) is 0 Å². The number of nitrogens with one attached hydrogen (secondary N) is 3. The van der Waals surface area contributed by atoms with Crippen molar-refractivity contribution < 1.29 is 4.79 Å². The molecule has 6 nitrogen and oxygen atoms in total. The molecule has 5 N–H and O–H groups in total. The van der Waals surface area contributed by atoms with Gasteiger partial charge in [-0.25, -0.2) is 0 Å². The molecule has 0 bridgehead atoms. The number of fused-ring (bicyclic) bond motifs is 1.